The zero-order chi connectivity index (χ0) is 17.0. The van der Waals surface area contributed by atoms with Crippen molar-refractivity contribution >= 4 is 17.9 Å². The summed E-state index contributed by atoms with van der Waals surface area (Å²) in [5, 5.41) is 9.58. The van der Waals surface area contributed by atoms with Crippen LogP contribution in [-0.2, 0) is 28.6 Å². The summed E-state index contributed by atoms with van der Waals surface area (Å²) >= 11 is 0. The molecule has 1 N–H and O–H groups in total. The number of hydrogen-bond donors (Lipinski definition) is 1. The van der Waals surface area contributed by atoms with Gasteiger partial charge < -0.3 is 19.3 Å². The van der Waals surface area contributed by atoms with Crippen LogP contribution in [0.5, 0.6) is 0 Å². The minimum Gasteiger partial charge on any atom is -0.463 e. The van der Waals surface area contributed by atoms with E-state index in [9.17, 15) is 19.5 Å². The molecule has 0 aromatic carbocycles. The summed E-state index contributed by atoms with van der Waals surface area (Å²) in [4.78, 5) is 33.3. The molecule has 0 aliphatic carbocycles. The van der Waals surface area contributed by atoms with Crippen molar-refractivity contribution in [1.82, 2.24) is 0 Å². The van der Waals surface area contributed by atoms with Crippen LogP contribution in [-0.4, -0.2) is 49.4 Å². The Hall–Kier alpha value is -2.41. The van der Waals surface area contributed by atoms with E-state index in [-0.39, 0.29) is 26.2 Å². The lowest BCUT2D eigenvalue weighted by molar-refractivity contribution is -0.153. The summed E-state index contributed by atoms with van der Waals surface area (Å²) in [7, 11) is 0. The van der Waals surface area contributed by atoms with Gasteiger partial charge in [0.25, 0.3) is 0 Å². The Kier molecular flexibility index (Phi) is 9.20. The lowest BCUT2D eigenvalue weighted by Gasteiger charge is -2.30. The maximum atomic E-state index is 11.2. The standard InChI is InChI=1S/C15H20O7/c1-4-12(17)20-8-7-15(9-16,10-21-13(18)5-2)11-22-14(19)6-3/h4-6,16H,1-3,7-11H2. The Morgan fingerprint density at radius 2 is 1.27 bits per heavy atom. The fourth-order valence-electron chi connectivity index (χ4n) is 1.35. The Morgan fingerprint density at radius 3 is 1.64 bits per heavy atom. The predicted octanol–water partition coefficient (Wildman–Crippen LogP) is 0.543. The van der Waals surface area contributed by atoms with Gasteiger partial charge >= 0.3 is 17.9 Å². The van der Waals surface area contributed by atoms with Gasteiger partial charge in [-0.3, -0.25) is 0 Å². The SMILES string of the molecule is C=CC(=O)OCCC(CO)(COC(=O)C=C)COC(=O)C=C. The molecule has 7 nitrogen and oxygen atoms in total. The van der Waals surface area contributed by atoms with Crippen LogP contribution >= 0.6 is 0 Å². The Morgan fingerprint density at radius 1 is 0.864 bits per heavy atom. The van der Waals surface area contributed by atoms with Gasteiger partial charge in [0.2, 0.25) is 0 Å². The monoisotopic (exact) mass is 312 g/mol. The summed E-state index contributed by atoms with van der Waals surface area (Å²) in [6, 6.07) is 0. The Balaban J connectivity index is 4.79. The van der Waals surface area contributed by atoms with Crippen LogP contribution in [0.4, 0.5) is 0 Å². The average Bonchev–Trinajstić information content (AvgIpc) is 2.55. The molecule has 7 heteroatoms. The summed E-state index contributed by atoms with van der Waals surface area (Å²) in [6.45, 7) is 8.78. The van der Waals surface area contributed by atoms with E-state index in [1.807, 2.05) is 0 Å². The maximum Gasteiger partial charge on any atom is 0.330 e. The third-order valence-electron chi connectivity index (χ3n) is 2.75. The highest BCUT2D eigenvalue weighted by Gasteiger charge is 2.33. The molecule has 0 fully saturated rings. The molecule has 122 valence electrons. The third-order valence-corrected chi connectivity index (χ3v) is 2.75. The number of esters is 3. The molecule has 0 aliphatic heterocycles. The smallest absolute Gasteiger partial charge is 0.330 e. The number of carbonyl (C=O) groups excluding carboxylic acids is 3. The number of rotatable bonds is 11. The molecule has 0 unspecified atom stereocenters. The summed E-state index contributed by atoms with van der Waals surface area (Å²) in [5.74, 6) is -2.00. The van der Waals surface area contributed by atoms with E-state index in [1.54, 1.807) is 0 Å². The average molecular weight is 312 g/mol. The van der Waals surface area contributed by atoms with Crippen molar-refractivity contribution in [1.29, 1.82) is 0 Å². The zero-order valence-corrected chi connectivity index (χ0v) is 12.3. The van der Waals surface area contributed by atoms with E-state index in [4.69, 9.17) is 14.2 Å². The van der Waals surface area contributed by atoms with Crippen molar-refractivity contribution in [3.8, 4) is 0 Å². The molecule has 0 rings (SSSR count). The topological polar surface area (TPSA) is 99.1 Å². The van der Waals surface area contributed by atoms with Crippen molar-refractivity contribution < 1.29 is 33.7 Å². The quantitative estimate of drug-likeness (QED) is 0.338. The van der Waals surface area contributed by atoms with Gasteiger partial charge in [0.05, 0.1) is 18.6 Å². The minimum absolute atomic E-state index is 0.0668. The van der Waals surface area contributed by atoms with Gasteiger partial charge in [0.15, 0.2) is 0 Å². The van der Waals surface area contributed by atoms with Crippen LogP contribution in [0.15, 0.2) is 38.0 Å². The first kappa shape index (κ1) is 19.6. The fraction of sp³-hybridized carbons (Fsp3) is 0.400. The number of carbonyl (C=O) groups is 3. The number of hydrogen-bond acceptors (Lipinski definition) is 7. The molecule has 0 amide bonds. The van der Waals surface area contributed by atoms with Gasteiger partial charge in [-0.1, -0.05) is 19.7 Å². The van der Waals surface area contributed by atoms with E-state index < -0.39 is 29.9 Å². The van der Waals surface area contributed by atoms with Crippen LogP contribution in [0.3, 0.4) is 0 Å². The van der Waals surface area contributed by atoms with E-state index in [2.05, 4.69) is 19.7 Å². The Bertz CT molecular complexity index is 415. The molecule has 0 saturated carbocycles. The molecule has 0 aromatic heterocycles. The van der Waals surface area contributed by atoms with Crippen molar-refractivity contribution in [2.24, 2.45) is 5.41 Å². The molecular weight excluding hydrogens is 292 g/mol. The highest BCUT2D eigenvalue weighted by molar-refractivity contribution is 5.82. The third kappa shape index (κ3) is 7.39. The van der Waals surface area contributed by atoms with E-state index in [1.165, 1.54) is 0 Å². The molecule has 0 heterocycles. The molecule has 0 atom stereocenters. The highest BCUT2D eigenvalue weighted by atomic mass is 16.6. The normalized spacial score (nSPS) is 10.2. The van der Waals surface area contributed by atoms with Crippen LogP contribution in [0, 0.1) is 5.41 Å². The van der Waals surface area contributed by atoms with E-state index >= 15 is 0 Å². The second-order valence-electron chi connectivity index (χ2n) is 4.40. The first-order valence-electron chi connectivity index (χ1n) is 6.41. The summed E-state index contributed by atoms with van der Waals surface area (Å²) in [6.07, 6.45) is 3.04. The van der Waals surface area contributed by atoms with Gasteiger partial charge in [0, 0.05) is 18.2 Å². The Labute approximate surface area is 128 Å². The maximum absolute atomic E-state index is 11.2. The minimum atomic E-state index is -1.10. The van der Waals surface area contributed by atoms with E-state index in [0.717, 1.165) is 18.2 Å². The molecule has 0 bridgehead atoms. The first-order valence-corrected chi connectivity index (χ1v) is 6.41. The molecule has 0 radical (unpaired) electrons. The van der Waals surface area contributed by atoms with Gasteiger partial charge in [-0.05, 0) is 6.42 Å². The fourth-order valence-corrected chi connectivity index (χ4v) is 1.35. The van der Waals surface area contributed by atoms with Gasteiger partial charge in [-0.2, -0.15) is 0 Å². The largest absolute Gasteiger partial charge is 0.463 e. The van der Waals surface area contributed by atoms with Crippen molar-refractivity contribution in [3.05, 3.63) is 38.0 Å². The zero-order valence-electron chi connectivity index (χ0n) is 12.3. The second-order valence-corrected chi connectivity index (χ2v) is 4.40. The lowest BCUT2D eigenvalue weighted by Crippen LogP contribution is -2.39. The summed E-state index contributed by atoms with van der Waals surface area (Å²) < 4.78 is 14.6. The lowest BCUT2D eigenvalue weighted by atomic mass is 9.87. The number of aliphatic hydroxyl groups excluding tert-OH is 1. The van der Waals surface area contributed by atoms with Gasteiger partial charge in [-0.15, -0.1) is 0 Å². The highest BCUT2D eigenvalue weighted by Crippen LogP contribution is 2.23. The molecule has 22 heavy (non-hydrogen) atoms. The van der Waals surface area contributed by atoms with Crippen LogP contribution in [0.25, 0.3) is 0 Å². The number of ether oxygens (including phenoxy) is 3. The van der Waals surface area contributed by atoms with Crippen LogP contribution < -0.4 is 0 Å². The van der Waals surface area contributed by atoms with Crippen molar-refractivity contribution in [2.45, 2.75) is 6.42 Å². The van der Waals surface area contributed by atoms with Crippen molar-refractivity contribution in [2.75, 3.05) is 26.4 Å². The van der Waals surface area contributed by atoms with Gasteiger partial charge in [0.1, 0.15) is 13.2 Å². The number of aliphatic hydroxyl groups is 1. The van der Waals surface area contributed by atoms with Crippen LogP contribution in [0.2, 0.25) is 0 Å². The molecule has 0 aliphatic rings. The summed E-state index contributed by atoms with van der Waals surface area (Å²) in [5.41, 5.74) is -1.10. The predicted molar refractivity (Wildman–Crippen MR) is 77.6 cm³/mol. The molecule has 0 saturated heterocycles. The van der Waals surface area contributed by atoms with E-state index in [0.29, 0.717) is 0 Å². The van der Waals surface area contributed by atoms with Gasteiger partial charge in [-0.25, -0.2) is 14.4 Å². The molecule has 0 spiro atoms. The second kappa shape index (κ2) is 10.3. The van der Waals surface area contributed by atoms with Crippen molar-refractivity contribution in [3.63, 3.8) is 0 Å². The first-order chi connectivity index (χ1) is 10.4. The molecule has 0 aromatic rings. The van der Waals surface area contributed by atoms with Crippen LogP contribution in [0.1, 0.15) is 6.42 Å². The molecular formula is C15H20O7.